The van der Waals surface area contributed by atoms with Gasteiger partial charge in [0, 0.05) is 6.54 Å². The van der Waals surface area contributed by atoms with Crippen molar-refractivity contribution in [2.45, 2.75) is 30.2 Å². The number of carbonyl (C=O) groups is 1. The topological polar surface area (TPSA) is 89.7 Å². The van der Waals surface area contributed by atoms with E-state index in [1.807, 2.05) is 0 Å². The van der Waals surface area contributed by atoms with E-state index in [9.17, 15) is 17.6 Å². The van der Waals surface area contributed by atoms with Crippen LogP contribution in [0.1, 0.15) is 19.3 Å². The van der Waals surface area contributed by atoms with Crippen molar-refractivity contribution < 1.29 is 22.3 Å². The number of hydrogen-bond acceptors (Lipinski definition) is 5. The predicted molar refractivity (Wildman–Crippen MR) is 74.4 cm³/mol. The summed E-state index contributed by atoms with van der Waals surface area (Å²) in [5, 5.41) is 0. The minimum absolute atomic E-state index is 0.0504. The van der Waals surface area contributed by atoms with Crippen LogP contribution >= 0.6 is 0 Å². The van der Waals surface area contributed by atoms with E-state index in [0.29, 0.717) is 12.8 Å². The Balaban J connectivity index is 2.45. The predicted octanol–water partition coefficient (Wildman–Crippen LogP) is 1.12. The van der Waals surface area contributed by atoms with Gasteiger partial charge in [-0.1, -0.05) is 0 Å². The fourth-order valence-corrected chi connectivity index (χ4v) is 4.20. The molecule has 2 rings (SSSR count). The van der Waals surface area contributed by atoms with Crippen molar-refractivity contribution in [1.29, 1.82) is 0 Å². The second kappa shape index (κ2) is 5.98. The number of benzene rings is 1. The molecule has 1 aliphatic heterocycles. The van der Waals surface area contributed by atoms with Crippen molar-refractivity contribution in [3.8, 4) is 0 Å². The average molecular weight is 316 g/mol. The molecule has 0 bridgehead atoms. The third-order valence-electron chi connectivity index (χ3n) is 3.49. The number of hydrogen-bond donors (Lipinski definition) is 1. The van der Waals surface area contributed by atoms with Gasteiger partial charge in [-0.15, -0.1) is 0 Å². The van der Waals surface area contributed by atoms with Crippen LogP contribution in [-0.4, -0.2) is 38.4 Å². The summed E-state index contributed by atoms with van der Waals surface area (Å²) in [6, 6.07) is 2.26. The standard InChI is InChI=1S/C13H17FN2O4S/c1-20-13(17)11-4-2-3-7-16(11)21(18,19)12-8-9(14)5-6-10(12)15/h5-6,8,11H,2-4,7,15H2,1H3. The number of esters is 1. The lowest BCUT2D eigenvalue weighted by molar-refractivity contribution is -0.146. The van der Waals surface area contributed by atoms with Crippen molar-refractivity contribution in [1.82, 2.24) is 4.31 Å². The highest BCUT2D eigenvalue weighted by molar-refractivity contribution is 7.89. The van der Waals surface area contributed by atoms with E-state index in [1.165, 1.54) is 13.2 Å². The molecule has 8 heteroatoms. The van der Waals surface area contributed by atoms with Crippen LogP contribution in [0.15, 0.2) is 23.1 Å². The monoisotopic (exact) mass is 316 g/mol. The molecular formula is C13H17FN2O4S. The molecule has 0 radical (unpaired) electrons. The van der Waals surface area contributed by atoms with Gasteiger partial charge in [0.15, 0.2) is 0 Å². The Morgan fingerprint density at radius 3 is 2.81 bits per heavy atom. The summed E-state index contributed by atoms with van der Waals surface area (Å²) in [4.78, 5) is 11.5. The molecule has 1 aliphatic rings. The van der Waals surface area contributed by atoms with Crippen LogP contribution in [0.5, 0.6) is 0 Å². The quantitative estimate of drug-likeness (QED) is 0.667. The fourth-order valence-electron chi connectivity index (χ4n) is 2.42. The molecule has 1 atom stereocenters. The third kappa shape index (κ3) is 3.01. The zero-order valence-corrected chi connectivity index (χ0v) is 12.4. The molecule has 1 saturated heterocycles. The molecule has 1 heterocycles. The number of nitrogen functional groups attached to an aromatic ring is 1. The number of rotatable bonds is 3. The number of methoxy groups -OCH3 is 1. The molecule has 1 unspecified atom stereocenters. The van der Waals surface area contributed by atoms with Gasteiger partial charge in [0.05, 0.1) is 12.8 Å². The van der Waals surface area contributed by atoms with Gasteiger partial charge in [0.1, 0.15) is 16.8 Å². The van der Waals surface area contributed by atoms with E-state index in [-0.39, 0.29) is 17.1 Å². The maximum absolute atomic E-state index is 13.3. The summed E-state index contributed by atoms with van der Waals surface area (Å²) in [6.07, 6.45) is 1.73. The van der Waals surface area contributed by atoms with Gasteiger partial charge in [-0.05, 0) is 37.5 Å². The summed E-state index contributed by atoms with van der Waals surface area (Å²) in [7, 11) is -2.85. The molecule has 1 fully saturated rings. The van der Waals surface area contributed by atoms with Gasteiger partial charge in [-0.2, -0.15) is 4.31 Å². The van der Waals surface area contributed by atoms with Crippen molar-refractivity contribution in [3.05, 3.63) is 24.0 Å². The van der Waals surface area contributed by atoms with Crippen LogP contribution in [0.2, 0.25) is 0 Å². The molecule has 1 aromatic rings. The number of nitrogens with zero attached hydrogens (tertiary/aromatic N) is 1. The summed E-state index contributed by atoms with van der Waals surface area (Å²) >= 11 is 0. The van der Waals surface area contributed by atoms with Crippen LogP contribution in [0, 0.1) is 5.82 Å². The Bertz CT molecular complexity index is 648. The average Bonchev–Trinajstić information content (AvgIpc) is 2.48. The zero-order chi connectivity index (χ0) is 15.6. The molecule has 0 aromatic heterocycles. The van der Waals surface area contributed by atoms with Crippen LogP contribution in [0.4, 0.5) is 10.1 Å². The largest absolute Gasteiger partial charge is 0.468 e. The Kier molecular flexibility index (Phi) is 4.48. The van der Waals surface area contributed by atoms with Gasteiger partial charge in [-0.3, -0.25) is 4.79 Å². The second-order valence-corrected chi connectivity index (χ2v) is 6.69. The lowest BCUT2D eigenvalue weighted by atomic mass is 10.1. The van der Waals surface area contributed by atoms with Gasteiger partial charge in [-0.25, -0.2) is 12.8 Å². The Morgan fingerprint density at radius 2 is 2.14 bits per heavy atom. The summed E-state index contributed by atoms with van der Waals surface area (Å²) in [5.74, 6) is -1.32. The van der Waals surface area contributed by atoms with Gasteiger partial charge in [0.2, 0.25) is 10.0 Å². The van der Waals surface area contributed by atoms with Crippen molar-refractivity contribution in [2.24, 2.45) is 0 Å². The smallest absolute Gasteiger partial charge is 0.324 e. The number of ether oxygens (including phenoxy) is 1. The lowest BCUT2D eigenvalue weighted by Gasteiger charge is -2.32. The highest BCUT2D eigenvalue weighted by atomic mass is 32.2. The fraction of sp³-hybridized carbons (Fsp3) is 0.462. The molecule has 21 heavy (non-hydrogen) atoms. The molecule has 6 nitrogen and oxygen atoms in total. The van der Waals surface area contributed by atoms with Gasteiger partial charge < -0.3 is 10.5 Å². The molecule has 116 valence electrons. The molecule has 1 aromatic carbocycles. The summed E-state index contributed by atoms with van der Waals surface area (Å²) < 4.78 is 44.4. The van der Waals surface area contributed by atoms with E-state index in [1.54, 1.807) is 0 Å². The van der Waals surface area contributed by atoms with E-state index in [2.05, 4.69) is 4.74 Å². The lowest BCUT2D eigenvalue weighted by Crippen LogP contribution is -2.48. The Labute approximate surface area is 122 Å². The maximum atomic E-state index is 13.3. The minimum Gasteiger partial charge on any atom is -0.468 e. The zero-order valence-electron chi connectivity index (χ0n) is 11.6. The molecular weight excluding hydrogens is 299 g/mol. The molecule has 0 saturated carbocycles. The van der Waals surface area contributed by atoms with Crippen molar-refractivity contribution in [2.75, 3.05) is 19.4 Å². The normalized spacial score (nSPS) is 20.2. The SMILES string of the molecule is COC(=O)C1CCCCN1S(=O)(=O)c1cc(F)ccc1N. The number of anilines is 1. The van der Waals surface area contributed by atoms with Crippen LogP contribution in [0.25, 0.3) is 0 Å². The first-order chi connectivity index (χ1) is 9.87. The first-order valence-corrected chi connectivity index (χ1v) is 7.96. The minimum atomic E-state index is -4.05. The molecule has 0 spiro atoms. The summed E-state index contributed by atoms with van der Waals surface area (Å²) in [5.41, 5.74) is 5.60. The number of nitrogens with two attached hydrogens (primary N) is 1. The number of sulfonamides is 1. The maximum Gasteiger partial charge on any atom is 0.324 e. The van der Waals surface area contributed by atoms with Gasteiger partial charge in [0.25, 0.3) is 0 Å². The van der Waals surface area contributed by atoms with Crippen molar-refractivity contribution >= 4 is 21.7 Å². The van der Waals surface area contributed by atoms with E-state index in [4.69, 9.17) is 5.73 Å². The number of halogens is 1. The Hall–Kier alpha value is -1.67. The first-order valence-electron chi connectivity index (χ1n) is 6.52. The van der Waals surface area contributed by atoms with E-state index >= 15 is 0 Å². The Morgan fingerprint density at radius 1 is 1.43 bits per heavy atom. The van der Waals surface area contributed by atoms with Gasteiger partial charge >= 0.3 is 5.97 Å². The number of carbonyl (C=O) groups excluding carboxylic acids is 1. The molecule has 0 amide bonds. The molecule has 0 aliphatic carbocycles. The second-order valence-electron chi connectivity index (χ2n) is 4.83. The first kappa shape index (κ1) is 15.7. The van der Waals surface area contributed by atoms with Crippen LogP contribution in [0.3, 0.4) is 0 Å². The van der Waals surface area contributed by atoms with Crippen LogP contribution in [-0.2, 0) is 19.6 Å². The highest BCUT2D eigenvalue weighted by Gasteiger charge is 2.39. The highest BCUT2D eigenvalue weighted by Crippen LogP contribution is 2.29. The molecule has 2 N–H and O–H groups in total. The van der Waals surface area contributed by atoms with Crippen molar-refractivity contribution in [3.63, 3.8) is 0 Å². The van der Waals surface area contributed by atoms with Crippen LogP contribution < -0.4 is 5.73 Å². The van der Waals surface area contributed by atoms with E-state index < -0.39 is 27.9 Å². The third-order valence-corrected chi connectivity index (χ3v) is 5.45. The summed E-state index contributed by atoms with van der Waals surface area (Å²) in [6.45, 7) is 0.179. The van der Waals surface area contributed by atoms with E-state index in [0.717, 1.165) is 22.9 Å². The number of piperidine rings is 1.